The number of aryl methyl sites for hydroxylation is 1. The molecule has 1 aliphatic rings. The Morgan fingerprint density at radius 2 is 2.23 bits per heavy atom. The molecule has 4 nitrogen and oxygen atoms in total. The topological polar surface area (TPSA) is 54.0 Å². The predicted octanol–water partition coefficient (Wildman–Crippen LogP) is 2.39. The third-order valence-corrected chi connectivity index (χ3v) is 4.99. The first-order chi connectivity index (χ1) is 10.7. The maximum absolute atomic E-state index is 12.0. The van der Waals surface area contributed by atoms with Crippen molar-refractivity contribution in [1.29, 1.82) is 0 Å². The Morgan fingerprint density at radius 1 is 1.41 bits per heavy atom. The second kappa shape index (κ2) is 7.03. The minimum Gasteiger partial charge on any atom is -0.355 e. The van der Waals surface area contributed by atoms with Crippen LogP contribution in [0.4, 0.5) is 0 Å². The van der Waals surface area contributed by atoms with E-state index in [2.05, 4.69) is 29.7 Å². The Morgan fingerprint density at radius 3 is 2.95 bits per heavy atom. The maximum Gasteiger partial charge on any atom is 0.224 e. The van der Waals surface area contributed by atoms with Gasteiger partial charge < -0.3 is 10.6 Å². The summed E-state index contributed by atoms with van der Waals surface area (Å²) in [6.45, 7) is 4.52. The molecule has 116 valence electrons. The van der Waals surface area contributed by atoms with E-state index in [0.29, 0.717) is 6.54 Å². The van der Waals surface area contributed by atoms with Gasteiger partial charge in [-0.3, -0.25) is 4.79 Å². The number of aromatic nitrogens is 1. The zero-order chi connectivity index (χ0) is 15.4. The number of rotatable bonds is 5. The van der Waals surface area contributed by atoms with Crippen molar-refractivity contribution in [3.05, 3.63) is 40.2 Å². The van der Waals surface area contributed by atoms with E-state index < -0.39 is 0 Å². The first kappa shape index (κ1) is 15.2. The van der Waals surface area contributed by atoms with Crippen LogP contribution in [-0.2, 0) is 11.2 Å². The van der Waals surface area contributed by atoms with Crippen LogP contribution in [0.5, 0.6) is 0 Å². The van der Waals surface area contributed by atoms with Crippen molar-refractivity contribution in [2.24, 2.45) is 5.92 Å². The highest BCUT2D eigenvalue weighted by Crippen LogP contribution is 2.27. The smallest absolute Gasteiger partial charge is 0.224 e. The second-order valence-electron chi connectivity index (χ2n) is 5.61. The summed E-state index contributed by atoms with van der Waals surface area (Å²) in [5.74, 6) is 0.305. The number of benzene rings is 1. The van der Waals surface area contributed by atoms with Crippen LogP contribution in [-0.4, -0.2) is 30.5 Å². The molecule has 0 radical (unpaired) electrons. The van der Waals surface area contributed by atoms with E-state index in [1.807, 2.05) is 18.2 Å². The van der Waals surface area contributed by atoms with E-state index >= 15 is 0 Å². The van der Waals surface area contributed by atoms with Crippen LogP contribution in [0, 0.1) is 12.8 Å². The molecule has 0 spiro atoms. The van der Waals surface area contributed by atoms with Crippen molar-refractivity contribution in [3.8, 4) is 11.3 Å². The Kier molecular flexibility index (Phi) is 4.85. The zero-order valence-electron chi connectivity index (χ0n) is 12.8. The molecule has 0 aliphatic carbocycles. The molecule has 1 amide bonds. The average molecular weight is 315 g/mol. The van der Waals surface area contributed by atoms with Crippen LogP contribution < -0.4 is 10.6 Å². The summed E-state index contributed by atoms with van der Waals surface area (Å²) in [5, 5.41) is 7.33. The molecule has 1 unspecified atom stereocenters. The highest BCUT2D eigenvalue weighted by Gasteiger charge is 2.21. The molecule has 2 N–H and O–H groups in total. The molecule has 22 heavy (non-hydrogen) atoms. The van der Waals surface area contributed by atoms with Crippen LogP contribution >= 0.6 is 11.3 Å². The summed E-state index contributed by atoms with van der Waals surface area (Å²) in [7, 11) is 0. The molecular formula is C17H21N3OS. The van der Waals surface area contributed by atoms with E-state index in [-0.39, 0.29) is 11.8 Å². The van der Waals surface area contributed by atoms with Gasteiger partial charge in [0.05, 0.1) is 16.6 Å². The Balaban J connectivity index is 1.56. The van der Waals surface area contributed by atoms with Crippen LogP contribution in [0.2, 0.25) is 0 Å². The van der Waals surface area contributed by atoms with Gasteiger partial charge in [0.2, 0.25) is 5.91 Å². The second-order valence-corrected chi connectivity index (χ2v) is 6.90. The van der Waals surface area contributed by atoms with Gasteiger partial charge in [0.1, 0.15) is 0 Å². The Bertz CT molecular complexity index is 633. The largest absolute Gasteiger partial charge is 0.355 e. The maximum atomic E-state index is 12.0. The lowest BCUT2D eigenvalue weighted by atomic mass is 10.1. The van der Waals surface area contributed by atoms with Gasteiger partial charge in [-0.15, -0.1) is 11.3 Å². The predicted molar refractivity (Wildman–Crippen MR) is 90.0 cm³/mol. The molecule has 1 fully saturated rings. The van der Waals surface area contributed by atoms with Crippen molar-refractivity contribution < 1.29 is 4.79 Å². The van der Waals surface area contributed by atoms with Crippen molar-refractivity contribution in [2.45, 2.75) is 19.8 Å². The summed E-state index contributed by atoms with van der Waals surface area (Å²) in [6, 6.07) is 10.2. The lowest BCUT2D eigenvalue weighted by Crippen LogP contribution is -2.33. The minimum atomic E-state index is 0.137. The molecule has 3 rings (SSSR count). The first-order valence-electron chi connectivity index (χ1n) is 7.74. The molecule has 0 bridgehead atoms. The van der Waals surface area contributed by atoms with Crippen LogP contribution in [0.15, 0.2) is 30.3 Å². The van der Waals surface area contributed by atoms with Crippen molar-refractivity contribution in [1.82, 2.24) is 15.6 Å². The fraction of sp³-hybridized carbons (Fsp3) is 0.412. The monoisotopic (exact) mass is 315 g/mol. The molecule has 5 heteroatoms. The first-order valence-corrected chi connectivity index (χ1v) is 8.56. The average Bonchev–Trinajstić information content (AvgIpc) is 3.18. The van der Waals surface area contributed by atoms with Crippen molar-refractivity contribution in [2.75, 3.05) is 19.6 Å². The van der Waals surface area contributed by atoms with E-state index in [4.69, 9.17) is 4.98 Å². The number of nitrogens with zero attached hydrogens (tertiary/aromatic N) is 1. The number of carbonyl (C=O) groups excluding carboxylic acids is 1. The van der Waals surface area contributed by atoms with Gasteiger partial charge >= 0.3 is 0 Å². The van der Waals surface area contributed by atoms with Gasteiger partial charge in [-0.25, -0.2) is 4.98 Å². The zero-order valence-corrected chi connectivity index (χ0v) is 13.6. The highest BCUT2D eigenvalue weighted by atomic mass is 32.1. The Labute approximate surface area is 135 Å². The summed E-state index contributed by atoms with van der Waals surface area (Å²) in [6.07, 6.45) is 1.74. The number of amides is 1. The van der Waals surface area contributed by atoms with Crippen molar-refractivity contribution in [3.63, 3.8) is 0 Å². The van der Waals surface area contributed by atoms with E-state index in [1.165, 1.54) is 4.88 Å². The molecule has 2 aromatic rings. The lowest BCUT2D eigenvalue weighted by Gasteiger charge is -2.08. The van der Waals surface area contributed by atoms with E-state index in [9.17, 15) is 4.79 Å². The number of thiazole rings is 1. The number of nitrogens with one attached hydrogen (secondary N) is 2. The molecule has 2 heterocycles. The fourth-order valence-electron chi connectivity index (χ4n) is 2.74. The Hall–Kier alpha value is -1.72. The summed E-state index contributed by atoms with van der Waals surface area (Å²) < 4.78 is 0. The van der Waals surface area contributed by atoms with Crippen LogP contribution in [0.3, 0.4) is 0 Å². The van der Waals surface area contributed by atoms with Crippen molar-refractivity contribution >= 4 is 17.2 Å². The number of hydrogen-bond donors (Lipinski definition) is 2. The summed E-state index contributed by atoms with van der Waals surface area (Å²) in [4.78, 5) is 17.9. The molecule has 1 aromatic heterocycles. The number of carbonyl (C=O) groups is 1. The normalized spacial score (nSPS) is 17.6. The SMILES string of the molecule is Cc1sc(CCNC(=O)C2CCNC2)nc1-c1ccccc1. The third kappa shape index (κ3) is 3.54. The molecule has 1 saturated heterocycles. The van der Waals surface area contributed by atoms with Gasteiger partial charge in [0.15, 0.2) is 0 Å². The van der Waals surface area contributed by atoms with Gasteiger partial charge in [-0.2, -0.15) is 0 Å². The molecule has 1 aliphatic heterocycles. The standard InChI is InChI=1S/C17H21N3OS/c1-12-16(13-5-3-2-4-6-13)20-15(22-12)8-10-19-17(21)14-7-9-18-11-14/h2-6,14,18H,7-11H2,1H3,(H,19,21). The molecule has 1 aromatic carbocycles. The molecule has 1 atom stereocenters. The van der Waals surface area contributed by atoms with Crippen LogP contribution in [0.1, 0.15) is 16.3 Å². The number of hydrogen-bond acceptors (Lipinski definition) is 4. The lowest BCUT2D eigenvalue weighted by molar-refractivity contribution is -0.124. The van der Waals surface area contributed by atoms with Crippen LogP contribution in [0.25, 0.3) is 11.3 Å². The van der Waals surface area contributed by atoms with E-state index in [1.54, 1.807) is 11.3 Å². The molecular weight excluding hydrogens is 294 g/mol. The van der Waals surface area contributed by atoms with Gasteiger partial charge in [0.25, 0.3) is 0 Å². The van der Waals surface area contributed by atoms with Gasteiger partial charge in [-0.1, -0.05) is 30.3 Å². The van der Waals surface area contributed by atoms with Gasteiger partial charge in [0, 0.05) is 30.0 Å². The van der Waals surface area contributed by atoms with Gasteiger partial charge in [-0.05, 0) is 19.9 Å². The third-order valence-electron chi connectivity index (χ3n) is 3.96. The molecule has 0 saturated carbocycles. The minimum absolute atomic E-state index is 0.137. The highest BCUT2D eigenvalue weighted by molar-refractivity contribution is 7.12. The quantitative estimate of drug-likeness (QED) is 0.891. The summed E-state index contributed by atoms with van der Waals surface area (Å²) >= 11 is 1.72. The summed E-state index contributed by atoms with van der Waals surface area (Å²) in [5.41, 5.74) is 2.22. The fourth-order valence-corrected chi connectivity index (χ4v) is 3.69. The van der Waals surface area contributed by atoms with E-state index in [0.717, 1.165) is 42.2 Å².